The van der Waals surface area contributed by atoms with Crippen LogP contribution in [0.2, 0.25) is 0 Å². The van der Waals surface area contributed by atoms with Crippen LogP contribution in [0.3, 0.4) is 0 Å². The molecule has 1 aromatic carbocycles. The van der Waals surface area contributed by atoms with Crippen molar-refractivity contribution in [3.63, 3.8) is 0 Å². The molecule has 1 aliphatic carbocycles. The molecule has 6 heteroatoms. The van der Waals surface area contributed by atoms with Crippen LogP contribution in [0.15, 0.2) is 24.3 Å². The quantitative estimate of drug-likeness (QED) is 0.779. The molecule has 0 unspecified atom stereocenters. The first kappa shape index (κ1) is 23.6. The number of amides is 2. The van der Waals surface area contributed by atoms with Crippen LogP contribution < -0.4 is 10.1 Å². The average molecular weight is 430 g/mol. The summed E-state index contributed by atoms with van der Waals surface area (Å²) in [4.78, 5) is 30.4. The second-order valence-electron chi connectivity index (χ2n) is 9.06. The third-order valence-corrected chi connectivity index (χ3v) is 6.84. The van der Waals surface area contributed by atoms with E-state index in [-0.39, 0.29) is 17.4 Å². The van der Waals surface area contributed by atoms with Crippen molar-refractivity contribution in [2.75, 3.05) is 39.8 Å². The first-order chi connectivity index (χ1) is 15.1. The molecule has 3 rings (SSSR count). The molecule has 1 saturated carbocycles. The zero-order chi connectivity index (χ0) is 22.1. The lowest BCUT2D eigenvalue weighted by molar-refractivity contribution is -0.131. The van der Waals surface area contributed by atoms with Crippen molar-refractivity contribution in [2.24, 2.45) is 0 Å². The molecule has 1 saturated heterocycles. The normalized spacial score (nSPS) is 20.7. The topological polar surface area (TPSA) is 61.9 Å². The van der Waals surface area contributed by atoms with Gasteiger partial charge in [0, 0.05) is 38.1 Å². The molecule has 0 atom stereocenters. The standard InChI is InChI=1S/C25H39N3O3/c1-3-14-28-16-8-15-27(24(30)19-21-9-7-10-22(18-21)31-2)17-13-26-23(29)20-25(28)11-5-4-6-12-25/h7,9-10,18H,3-6,8,11-17,19-20H2,1-2H3,(H,26,29). The number of ether oxygens (including phenoxy) is 1. The van der Waals surface area contributed by atoms with Crippen molar-refractivity contribution >= 4 is 11.8 Å². The van der Waals surface area contributed by atoms with Crippen LogP contribution in [-0.4, -0.2) is 67.0 Å². The van der Waals surface area contributed by atoms with Crippen molar-refractivity contribution in [1.82, 2.24) is 15.1 Å². The fourth-order valence-corrected chi connectivity index (χ4v) is 5.24. The second-order valence-corrected chi connectivity index (χ2v) is 9.06. The minimum Gasteiger partial charge on any atom is -0.497 e. The minimum atomic E-state index is -0.00187. The summed E-state index contributed by atoms with van der Waals surface area (Å²) in [7, 11) is 1.64. The number of hydrogen-bond donors (Lipinski definition) is 1. The molecule has 31 heavy (non-hydrogen) atoms. The van der Waals surface area contributed by atoms with Crippen LogP contribution >= 0.6 is 0 Å². The molecule has 0 bridgehead atoms. The summed E-state index contributed by atoms with van der Waals surface area (Å²) in [5.41, 5.74) is 0.953. The minimum absolute atomic E-state index is 0.00187. The molecule has 6 nitrogen and oxygen atoms in total. The predicted molar refractivity (Wildman–Crippen MR) is 123 cm³/mol. The molecule has 1 aromatic rings. The highest BCUT2D eigenvalue weighted by Gasteiger charge is 2.39. The molecule has 172 valence electrons. The number of methoxy groups -OCH3 is 1. The molecule has 0 radical (unpaired) electrons. The van der Waals surface area contributed by atoms with Crippen molar-refractivity contribution in [3.8, 4) is 5.75 Å². The van der Waals surface area contributed by atoms with E-state index in [9.17, 15) is 9.59 Å². The molecule has 1 spiro atoms. The van der Waals surface area contributed by atoms with E-state index < -0.39 is 0 Å². The molecular weight excluding hydrogens is 390 g/mol. The maximum absolute atomic E-state index is 13.1. The Balaban J connectivity index is 1.69. The van der Waals surface area contributed by atoms with Crippen molar-refractivity contribution < 1.29 is 14.3 Å². The van der Waals surface area contributed by atoms with Crippen LogP contribution in [-0.2, 0) is 16.0 Å². The van der Waals surface area contributed by atoms with Gasteiger partial charge >= 0.3 is 0 Å². The Bertz CT molecular complexity index is 730. The number of carbonyl (C=O) groups is 2. The Kier molecular flexibility index (Phi) is 8.76. The zero-order valence-electron chi connectivity index (χ0n) is 19.3. The summed E-state index contributed by atoms with van der Waals surface area (Å²) < 4.78 is 5.29. The van der Waals surface area contributed by atoms with Gasteiger partial charge in [-0.1, -0.05) is 38.3 Å². The summed E-state index contributed by atoms with van der Waals surface area (Å²) >= 11 is 0. The summed E-state index contributed by atoms with van der Waals surface area (Å²) in [6, 6.07) is 7.69. The van der Waals surface area contributed by atoms with Gasteiger partial charge in [0.1, 0.15) is 5.75 Å². The van der Waals surface area contributed by atoms with Gasteiger partial charge in [-0.05, 0) is 49.9 Å². The highest BCUT2D eigenvalue weighted by Crippen LogP contribution is 2.37. The van der Waals surface area contributed by atoms with E-state index in [4.69, 9.17) is 4.74 Å². The largest absolute Gasteiger partial charge is 0.497 e. The lowest BCUT2D eigenvalue weighted by Crippen LogP contribution is -2.53. The third kappa shape index (κ3) is 6.45. The summed E-state index contributed by atoms with van der Waals surface area (Å²) in [5.74, 6) is 1.00. The van der Waals surface area contributed by atoms with E-state index in [2.05, 4.69) is 17.1 Å². The fourth-order valence-electron chi connectivity index (χ4n) is 5.24. The molecule has 1 aliphatic heterocycles. The second kappa shape index (κ2) is 11.5. The Labute approximate surface area is 187 Å². The van der Waals surface area contributed by atoms with E-state index in [1.54, 1.807) is 7.11 Å². The number of rotatable bonds is 5. The van der Waals surface area contributed by atoms with E-state index >= 15 is 0 Å². The number of carbonyl (C=O) groups excluding carboxylic acids is 2. The molecule has 2 aliphatic rings. The lowest BCUT2D eigenvalue weighted by Gasteiger charge is -2.46. The average Bonchev–Trinajstić information content (AvgIpc) is 2.80. The smallest absolute Gasteiger partial charge is 0.227 e. The Morgan fingerprint density at radius 1 is 1.13 bits per heavy atom. The van der Waals surface area contributed by atoms with Gasteiger partial charge in [0.25, 0.3) is 0 Å². The highest BCUT2D eigenvalue weighted by atomic mass is 16.5. The third-order valence-electron chi connectivity index (χ3n) is 6.84. The Hall–Kier alpha value is -2.08. The molecule has 0 aromatic heterocycles. The van der Waals surface area contributed by atoms with E-state index in [1.807, 2.05) is 29.2 Å². The molecule has 1 heterocycles. The summed E-state index contributed by atoms with van der Waals surface area (Å²) in [6.45, 7) is 6.00. The number of hydrogen-bond acceptors (Lipinski definition) is 4. The van der Waals surface area contributed by atoms with E-state index in [0.717, 1.165) is 56.6 Å². The fraction of sp³-hybridized carbons (Fsp3) is 0.680. The maximum Gasteiger partial charge on any atom is 0.227 e. The van der Waals surface area contributed by atoms with Crippen molar-refractivity contribution in [1.29, 1.82) is 0 Å². The van der Waals surface area contributed by atoms with Gasteiger partial charge in [-0.25, -0.2) is 0 Å². The van der Waals surface area contributed by atoms with Crippen LogP contribution in [0.25, 0.3) is 0 Å². The number of nitrogens with one attached hydrogen (secondary N) is 1. The van der Waals surface area contributed by atoms with Crippen molar-refractivity contribution in [3.05, 3.63) is 29.8 Å². The molecular formula is C25H39N3O3. The van der Waals surface area contributed by atoms with E-state index in [1.165, 1.54) is 19.3 Å². The molecule has 1 N–H and O–H groups in total. The van der Waals surface area contributed by atoms with Gasteiger partial charge in [0.15, 0.2) is 0 Å². The first-order valence-electron chi connectivity index (χ1n) is 12.0. The van der Waals surface area contributed by atoms with Gasteiger partial charge in [0.05, 0.1) is 13.5 Å². The van der Waals surface area contributed by atoms with Gasteiger partial charge in [-0.15, -0.1) is 0 Å². The van der Waals surface area contributed by atoms with Gasteiger partial charge in [-0.3, -0.25) is 14.5 Å². The van der Waals surface area contributed by atoms with Crippen LogP contribution in [0.4, 0.5) is 0 Å². The monoisotopic (exact) mass is 429 g/mol. The number of nitrogens with zero attached hydrogens (tertiary/aromatic N) is 2. The van der Waals surface area contributed by atoms with Gasteiger partial charge in [0.2, 0.25) is 11.8 Å². The highest BCUT2D eigenvalue weighted by molar-refractivity contribution is 5.79. The van der Waals surface area contributed by atoms with Gasteiger partial charge < -0.3 is 15.0 Å². The van der Waals surface area contributed by atoms with Crippen LogP contribution in [0, 0.1) is 0 Å². The first-order valence-corrected chi connectivity index (χ1v) is 12.0. The number of benzene rings is 1. The lowest BCUT2D eigenvalue weighted by atomic mass is 9.77. The predicted octanol–water partition coefficient (Wildman–Crippen LogP) is 3.39. The summed E-state index contributed by atoms with van der Waals surface area (Å²) in [6.07, 6.45) is 8.88. The van der Waals surface area contributed by atoms with Crippen molar-refractivity contribution in [2.45, 2.75) is 70.3 Å². The maximum atomic E-state index is 13.1. The van der Waals surface area contributed by atoms with Gasteiger partial charge in [-0.2, -0.15) is 0 Å². The molecule has 2 amide bonds. The molecule has 2 fully saturated rings. The SMILES string of the molecule is CCCN1CCCN(C(=O)Cc2cccc(OC)c2)CCNC(=O)CC12CCCCC2. The van der Waals surface area contributed by atoms with Crippen LogP contribution in [0.5, 0.6) is 5.75 Å². The van der Waals surface area contributed by atoms with E-state index in [0.29, 0.717) is 25.9 Å². The zero-order valence-corrected chi connectivity index (χ0v) is 19.3. The summed E-state index contributed by atoms with van der Waals surface area (Å²) in [5, 5.41) is 3.10. The Morgan fingerprint density at radius 2 is 1.94 bits per heavy atom. The van der Waals surface area contributed by atoms with Crippen LogP contribution in [0.1, 0.15) is 63.9 Å². The Morgan fingerprint density at radius 3 is 2.68 bits per heavy atom.